The summed E-state index contributed by atoms with van der Waals surface area (Å²) in [7, 11) is -3.73. The molecule has 0 aliphatic carbocycles. The summed E-state index contributed by atoms with van der Waals surface area (Å²) in [6.45, 7) is 4.24. The van der Waals surface area contributed by atoms with Crippen molar-refractivity contribution in [1.82, 2.24) is 0 Å². The molecule has 1 N–H and O–H groups in total. The fourth-order valence-corrected chi connectivity index (χ4v) is 1.35. The van der Waals surface area contributed by atoms with Gasteiger partial charge in [0.2, 0.25) is 0 Å². The molecule has 0 radical (unpaired) electrons. The van der Waals surface area contributed by atoms with Gasteiger partial charge < -0.3 is 4.89 Å². The maximum absolute atomic E-state index is 10.8. The normalized spacial score (nSPS) is 10.9. The third-order valence-corrected chi connectivity index (χ3v) is 1.93. The van der Waals surface area contributed by atoms with Gasteiger partial charge in [-0.1, -0.05) is 13.8 Å². The van der Waals surface area contributed by atoms with Crippen LogP contribution in [0.4, 0.5) is 0 Å². The molecular formula is C6H18O4PSb. The van der Waals surface area contributed by atoms with Crippen LogP contribution in [-0.2, 0) is 13.6 Å². The summed E-state index contributed by atoms with van der Waals surface area (Å²) >= 11 is 0. The minimum atomic E-state index is -3.73. The zero-order valence-electron chi connectivity index (χ0n) is 7.65. The van der Waals surface area contributed by atoms with Gasteiger partial charge in [-0.2, -0.15) is 0 Å². The maximum atomic E-state index is 10.8. The first-order chi connectivity index (χ1) is 5.12. The fourth-order valence-electron chi connectivity index (χ4n) is 0.451. The number of hydrogen-bond acceptors (Lipinski definition) is 3. The van der Waals surface area contributed by atoms with Gasteiger partial charge in [0.05, 0.1) is 13.2 Å². The summed E-state index contributed by atoms with van der Waals surface area (Å²) in [6.07, 6.45) is 1.42. The van der Waals surface area contributed by atoms with E-state index in [4.69, 9.17) is 4.89 Å². The van der Waals surface area contributed by atoms with E-state index in [1.807, 2.05) is 13.8 Å². The molecule has 0 bridgehead atoms. The molecule has 0 heterocycles. The van der Waals surface area contributed by atoms with Crippen LogP contribution in [0.3, 0.4) is 0 Å². The summed E-state index contributed by atoms with van der Waals surface area (Å²) in [6, 6.07) is 0. The monoisotopic (exact) mass is 306 g/mol. The van der Waals surface area contributed by atoms with Crippen LogP contribution in [0.1, 0.15) is 26.7 Å². The first-order valence-corrected chi connectivity index (χ1v) is 5.23. The van der Waals surface area contributed by atoms with E-state index in [9.17, 15) is 4.57 Å². The Kier molecular flexibility index (Phi) is 10.9. The summed E-state index contributed by atoms with van der Waals surface area (Å²) in [5.74, 6) is 0. The van der Waals surface area contributed by atoms with Crippen LogP contribution in [-0.4, -0.2) is 42.5 Å². The van der Waals surface area contributed by atoms with Gasteiger partial charge in [0, 0.05) is 0 Å². The second kappa shape index (κ2) is 8.52. The molecule has 76 valence electrons. The zero-order valence-corrected chi connectivity index (χ0v) is 12.6. The van der Waals surface area contributed by atoms with Gasteiger partial charge in [0.1, 0.15) is 0 Å². The Balaban J connectivity index is 0. The Morgan fingerprint density at radius 1 is 1.17 bits per heavy atom. The van der Waals surface area contributed by atoms with Gasteiger partial charge in [-0.3, -0.25) is 9.05 Å². The van der Waals surface area contributed by atoms with E-state index in [2.05, 4.69) is 9.05 Å². The first kappa shape index (κ1) is 15.4. The molecule has 0 aliphatic heterocycles. The van der Waals surface area contributed by atoms with E-state index >= 15 is 0 Å². The molecule has 0 fully saturated rings. The molecule has 12 heavy (non-hydrogen) atoms. The van der Waals surface area contributed by atoms with Crippen molar-refractivity contribution in [2.45, 2.75) is 26.7 Å². The van der Waals surface area contributed by atoms with E-state index in [1.54, 1.807) is 0 Å². The van der Waals surface area contributed by atoms with Gasteiger partial charge in [0.25, 0.3) is 0 Å². The van der Waals surface area contributed by atoms with Gasteiger partial charge in [-0.25, -0.2) is 4.57 Å². The number of rotatable bonds is 6. The minimum absolute atomic E-state index is 0. The summed E-state index contributed by atoms with van der Waals surface area (Å²) in [4.78, 5) is 8.89. The third-order valence-electron chi connectivity index (χ3n) is 0.917. The van der Waals surface area contributed by atoms with Crippen molar-refractivity contribution in [3.8, 4) is 0 Å². The third kappa shape index (κ3) is 9.02. The van der Waals surface area contributed by atoms with Crippen molar-refractivity contribution in [2.75, 3.05) is 13.2 Å². The predicted octanol–water partition coefficient (Wildman–Crippen LogP) is 0.756. The molecule has 0 aromatic heterocycles. The molecule has 0 aromatic carbocycles. The summed E-state index contributed by atoms with van der Waals surface area (Å²) in [5, 5.41) is 0. The van der Waals surface area contributed by atoms with Gasteiger partial charge >= 0.3 is 32.3 Å². The SMILES string of the molecule is CCCOP(=O)(O)OCCC.[SbH3]. The van der Waals surface area contributed by atoms with E-state index in [0.717, 1.165) is 0 Å². The van der Waals surface area contributed by atoms with Crippen LogP contribution >= 0.6 is 7.82 Å². The second-order valence-corrected chi connectivity index (χ2v) is 3.59. The quantitative estimate of drug-likeness (QED) is 0.581. The summed E-state index contributed by atoms with van der Waals surface area (Å²) < 4.78 is 20.0. The Morgan fingerprint density at radius 2 is 1.50 bits per heavy atom. The Hall–Kier alpha value is 0.928. The number of phosphoric ester groups is 1. The van der Waals surface area contributed by atoms with Crippen LogP contribution in [0.2, 0.25) is 0 Å². The number of hydrogen-bond donors (Lipinski definition) is 1. The van der Waals surface area contributed by atoms with E-state index in [0.29, 0.717) is 12.8 Å². The Bertz CT molecular complexity index is 130. The molecule has 0 unspecified atom stereocenters. The van der Waals surface area contributed by atoms with Crippen LogP contribution in [0.15, 0.2) is 0 Å². The molecule has 0 atom stereocenters. The average molecular weight is 307 g/mol. The van der Waals surface area contributed by atoms with Crippen molar-refractivity contribution < 1.29 is 18.5 Å². The van der Waals surface area contributed by atoms with Crippen LogP contribution < -0.4 is 0 Å². The topological polar surface area (TPSA) is 55.8 Å². The molecule has 0 amide bonds. The van der Waals surface area contributed by atoms with Crippen molar-refractivity contribution in [3.05, 3.63) is 0 Å². The predicted molar refractivity (Wildman–Crippen MR) is 52.3 cm³/mol. The Labute approximate surface area is 90.7 Å². The molecule has 6 heteroatoms. The molecule has 0 saturated heterocycles. The standard InChI is InChI=1S/C6H15O4P.Sb.3H/c1-3-5-9-11(7,8)10-6-4-2;;;;/h3-6H2,1-2H3,(H,7,8);;;;. The van der Waals surface area contributed by atoms with E-state index in [1.165, 1.54) is 0 Å². The van der Waals surface area contributed by atoms with Crippen molar-refractivity contribution in [3.63, 3.8) is 0 Å². The van der Waals surface area contributed by atoms with E-state index in [-0.39, 0.29) is 37.6 Å². The van der Waals surface area contributed by atoms with Gasteiger partial charge in [-0.15, -0.1) is 0 Å². The van der Waals surface area contributed by atoms with Gasteiger partial charge in [-0.05, 0) is 12.8 Å². The molecular weight excluding hydrogens is 289 g/mol. The van der Waals surface area contributed by atoms with E-state index < -0.39 is 7.82 Å². The molecule has 0 aromatic rings. The van der Waals surface area contributed by atoms with Gasteiger partial charge in [0.15, 0.2) is 0 Å². The van der Waals surface area contributed by atoms with Crippen LogP contribution in [0, 0.1) is 0 Å². The van der Waals surface area contributed by atoms with Crippen molar-refractivity contribution >= 4 is 32.3 Å². The Morgan fingerprint density at radius 3 is 1.75 bits per heavy atom. The number of phosphoric acid groups is 1. The summed E-state index contributed by atoms with van der Waals surface area (Å²) in [5.41, 5.74) is 0. The molecule has 4 nitrogen and oxygen atoms in total. The average Bonchev–Trinajstić information content (AvgIpc) is 1.97. The zero-order chi connectivity index (χ0) is 8.74. The van der Waals surface area contributed by atoms with Crippen molar-refractivity contribution in [2.24, 2.45) is 0 Å². The molecule has 0 aliphatic rings. The van der Waals surface area contributed by atoms with Crippen molar-refractivity contribution in [1.29, 1.82) is 0 Å². The van der Waals surface area contributed by atoms with Crippen LogP contribution in [0.5, 0.6) is 0 Å². The second-order valence-electron chi connectivity index (χ2n) is 2.14. The van der Waals surface area contributed by atoms with Crippen LogP contribution in [0.25, 0.3) is 0 Å². The molecule has 0 spiro atoms. The molecule has 0 rings (SSSR count). The fraction of sp³-hybridized carbons (Fsp3) is 1.00. The molecule has 0 saturated carbocycles. The first-order valence-electron chi connectivity index (χ1n) is 3.74.